The van der Waals surface area contributed by atoms with Gasteiger partial charge in [0.15, 0.2) is 0 Å². The standard InChI is InChI=1S/C17H24N4O3/c1-11-8-13(12(2)21(11)10-15-4-3-7-24-15)9-18-20-17(23)16(22)19-14-5-6-14/h8-9,14-15H,3-7,10H2,1-2H3,(H,19,22)(H,20,23)/b18-9-/t15-/m0/s1. The predicted molar refractivity (Wildman–Crippen MR) is 89.8 cm³/mol. The van der Waals surface area contributed by atoms with Crippen molar-refractivity contribution in [1.82, 2.24) is 15.3 Å². The van der Waals surface area contributed by atoms with Gasteiger partial charge in [-0.15, -0.1) is 0 Å². The molecule has 3 rings (SSSR count). The van der Waals surface area contributed by atoms with Crippen LogP contribution in [0.5, 0.6) is 0 Å². The Balaban J connectivity index is 1.57. The van der Waals surface area contributed by atoms with E-state index in [1.54, 1.807) is 6.21 Å². The maximum absolute atomic E-state index is 11.6. The third-order valence-corrected chi connectivity index (χ3v) is 4.51. The summed E-state index contributed by atoms with van der Waals surface area (Å²) < 4.78 is 7.90. The lowest BCUT2D eigenvalue weighted by molar-refractivity contribution is -0.139. The van der Waals surface area contributed by atoms with Crippen molar-refractivity contribution in [1.29, 1.82) is 0 Å². The fraction of sp³-hybridized carbons (Fsp3) is 0.588. The summed E-state index contributed by atoms with van der Waals surface area (Å²) in [4.78, 5) is 23.2. The summed E-state index contributed by atoms with van der Waals surface area (Å²) in [5.41, 5.74) is 5.40. The molecular weight excluding hydrogens is 308 g/mol. The molecule has 1 atom stereocenters. The van der Waals surface area contributed by atoms with Crippen molar-refractivity contribution in [2.45, 2.75) is 58.2 Å². The number of aromatic nitrogens is 1. The maximum atomic E-state index is 11.6. The summed E-state index contributed by atoms with van der Waals surface area (Å²) in [5, 5.41) is 6.53. The highest BCUT2D eigenvalue weighted by Gasteiger charge is 2.26. The monoisotopic (exact) mass is 332 g/mol. The second-order valence-corrected chi connectivity index (χ2v) is 6.52. The number of carbonyl (C=O) groups excluding carboxylic acids is 2. The summed E-state index contributed by atoms with van der Waals surface area (Å²) in [7, 11) is 0. The average Bonchev–Trinajstić information content (AvgIpc) is 3.14. The second-order valence-electron chi connectivity index (χ2n) is 6.52. The first-order chi connectivity index (χ1) is 11.5. The Hall–Kier alpha value is -2.15. The second kappa shape index (κ2) is 7.17. The molecule has 1 aromatic heterocycles. The third-order valence-electron chi connectivity index (χ3n) is 4.51. The smallest absolute Gasteiger partial charge is 0.329 e. The van der Waals surface area contributed by atoms with E-state index in [1.807, 2.05) is 19.9 Å². The van der Waals surface area contributed by atoms with Crippen LogP contribution in [0.15, 0.2) is 11.2 Å². The zero-order valence-electron chi connectivity index (χ0n) is 14.2. The van der Waals surface area contributed by atoms with Gasteiger partial charge in [-0.1, -0.05) is 0 Å². The molecule has 1 aliphatic heterocycles. The summed E-state index contributed by atoms with van der Waals surface area (Å²) >= 11 is 0. The molecule has 1 saturated heterocycles. The molecule has 1 aliphatic carbocycles. The van der Waals surface area contributed by atoms with Crippen molar-refractivity contribution >= 4 is 18.0 Å². The Labute approximate surface area is 141 Å². The number of hydrogen-bond donors (Lipinski definition) is 2. The van der Waals surface area contributed by atoms with E-state index in [2.05, 4.69) is 20.4 Å². The largest absolute Gasteiger partial charge is 0.376 e. The molecule has 0 aromatic carbocycles. The third kappa shape index (κ3) is 4.03. The fourth-order valence-electron chi connectivity index (χ4n) is 2.92. The molecule has 2 fully saturated rings. The Kier molecular flexibility index (Phi) is 4.99. The molecule has 2 aliphatic rings. The minimum absolute atomic E-state index is 0.156. The van der Waals surface area contributed by atoms with E-state index in [0.29, 0.717) is 0 Å². The molecule has 0 bridgehead atoms. The lowest BCUT2D eigenvalue weighted by atomic mass is 10.2. The fourth-order valence-corrected chi connectivity index (χ4v) is 2.92. The number of aryl methyl sites for hydroxylation is 1. The van der Waals surface area contributed by atoms with Crippen LogP contribution >= 0.6 is 0 Å². The van der Waals surface area contributed by atoms with Crippen LogP contribution in [0.2, 0.25) is 0 Å². The Morgan fingerprint density at radius 1 is 1.33 bits per heavy atom. The first-order valence-electron chi connectivity index (χ1n) is 8.47. The number of hydrazone groups is 1. The van der Waals surface area contributed by atoms with Gasteiger partial charge < -0.3 is 14.6 Å². The molecule has 1 saturated carbocycles. The lowest BCUT2D eigenvalue weighted by Crippen LogP contribution is -2.38. The van der Waals surface area contributed by atoms with E-state index < -0.39 is 11.8 Å². The van der Waals surface area contributed by atoms with Crippen molar-refractivity contribution in [2.24, 2.45) is 5.10 Å². The number of nitrogens with zero attached hydrogens (tertiary/aromatic N) is 2. The topological polar surface area (TPSA) is 84.7 Å². The van der Waals surface area contributed by atoms with Gasteiger partial charge in [-0.25, -0.2) is 5.43 Å². The molecule has 24 heavy (non-hydrogen) atoms. The molecule has 130 valence electrons. The van der Waals surface area contributed by atoms with E-state index in [1.165, 1.54) is 0 Å². The number of nitrogens with one attached hydrogen (secondary N) is 2. The van der Waals surface area contributed by atoms with Crippen molar-refractivity contribution in [3.8, 4) is 0 Å². The molecular formula is C17H24N4O3. The van der Waals surface area contributed by atoms with E-state index in [0.717, 1.165) is 55.8 Å². The Bertz CT molecular complexity index is 655. The molecule has 2 N–H and O–H groups in total. The first-order valence-corrected chi connectivity index (χ1v) is 8.47. The minimum atomic E-state index is -0.730. The van der Waals surface area contributed by atoms with Gasteiger partial charge in [0.05, 0.1) is 12.3 Å². The van der Waals surface area contributed by atoms with Gasteiger partial charge in [0, 0.05) is 36.1 Å². The minimum Gasteiger partial charge on any atom is -0.376 e. The van der Waals surface area contributed by atoms with Gasteiger partial charge in [-0.05, 0) is 45.6 Å². The lowest BCUT2D eigenvalue weighted by Gasteiger charge is -2.14. The van der Waals surface area contributed by atoms with E-state index in [-0.39, 0.29) is 12.1 Å². The van der Waals surface area contributed by atoms with Gasteiger partial charge >= 0.3 is 11.8 Å². The SMILES string of the molecule is Cc1cc(/C=N\NC(=O)C(=O)NC2CC2)c(C)n1C[C@@H]1CCCO1. The summed E-state index contributed by atoms with van der Waals surface area (Å²) in [5.74, 6) is -1.36. The van der Waals surface area contributed by atoms with Crippen LogP contribution in [0, 0.1) is 13.8 Å². The highest BCUT2D eigenvalue weighted by Crippen LogP contribution is 2.19. The van der Waals surface area contributed by atoms with Crippen LogP contribution in [0.1, 0.15) is 42.6 Å². The van der Waals surface area contributed by atoms with Crippen LogP contribution in [0.4, 0.5) is 0 Å². The Morgan fingerprint density at radius 2 is 2.12 bits per heavy atom. The van der Waals surface area contributed by atoms with Crippen LogP contribution in [-0.2, 0) is 20.9 Å². The number of rotatable bonds is 5. The van der Waals surface area contributed by atoms with Gasteiger partial charge in [-0.3, -0.25) is 9.59 Å². The highest BCUT2D eigenvalue weighted by atomic mass is 16.5. The molecule has 0 unspecified atom stereocenters. The predicted octanol–water partition coefficient (Wildman–Crippen LogP) is 1.01. The van der Waals surface area contributed by atoms with Crippen LogP contribution in [-0.4, -0.2) is 41.3 Å². The molecule has 0 spiro atoms. The van der Waals surface area contributed by atoms with Gasteiger partial charge in [0.2, 0.25) is 0 Å². The van der Waals surface area contributed by atoms with E-state index >= 15 is 0 Å². The van der Waals surface area contributed by atoms with Crippen LogP contribution in [0.3, 0.4) is 0 Å². The van der Waals surface area contributed by atoms with Crippen molar-refractivity contribution < 1.29 is 14.3 Å². The molecule has 2 heterocycles. The first kappa shape index (κ1) is 16.7. The summed E-state index contributed by atoms with van der Waals surface area (Å²) in [6.45, 7) is 5.74. The quantitative estimate of drug-likeness (QED) is 0.479. The maximum Gasteiger partial charge on any atom is 0.329 e. The molecule has 7 heteroatoms. The number of carbonyl (C=O) groups is 2. The number of amides is 2. The van der Waals surface area contributed by atoms with Gasteiger partial charge in [-0.2, -0.15) is 5.10 Å². The molecule has 1 aromatic rings. The molecule has 2 amide bonds. The summed E-state index contributed by atoms with van der Waals surface area (Å²) in [6.07, 6.45) is 5.94. The zero-order chi connectivity index (χ0) is 17.1. The van der Waals surface area contributed by atoms with Crippen LogP contribution < -0.4 is 10.7 Å². The van der Waals surface area contributed by atoms with E-state index in [9.17, 15) is 9.59 Å². The van der Waals surface area contributed by atoms with Crippen molar-refractivity contribution in [3.63, 3.8) is 0 Å². The molecule has 7 nitrogen and oxygen atoms in total. The molecule has 0 radical (unpaired) electrons. The van der Waals surface area contributed by atoms with Gasteiger partial charge in [0.25, 0.3) is 0 Å². The number of hydrogen-bond acceptors (Lipinski definition) is 4. The average molecular weight is 332 g/mol. The highest BCUT2D eigenvalue weighted by molar-refractivity contribution is 6.35. The van der Waals surface area contributed by atoms with Crippen molar-refractivity contribution in [3.05, 3.63) is 23.0 Å². The van der Waals surface area contributed by atoms with Gasteiger partial charge in [0.1, 0.15) is 0 Å². The zero-order valence-corrected chi connectivity index (χ0v) is 14.2. The van der Waals surface area contributed by atoms with Crippen molar-refractivity contribution in [2.75, 3.05) is 6.61 Å². The normalized spacial score (nSPS) is 20.5. The summed E-state index contributed by atoms with van der Waals surface area (Å²) in [6, 6.07) is 2.17. The van der Waals surface area contributed by atoms with Crippen LogP contribution in [0.25, 0.3) is 0 Å². The van der Waals surface area contributed by atoms with E-state index in [4.69, 9.17) is 4.74 Å². The number of ether oxygens (including phenoxy) is 1. The Morgan fingerprint density at radius 3 is 2.79 bits per heavy atom.